The van der Waals surface area contributed by atoms with Gasteiger partial charge in [0.1, 0.15) is 12.2 Å². The second kappa shape index (κ2) is 9.65. The highest BCUT2D eigenvalue weighted by atomic mass is 19.4. The molecule has 3 rings (SSSR count). The highest BCUT2D eigenvalue weighted by molar-refractivity contribution is 5.97. The van der Waals surface area contributed by atoms with Gasteiger partial charge < -0.3 is 20.1 Å². The number of morpholine rings is 1. The van der Waals surface area contributed by atoms with Crippen LogP contribution in [0.2, 0.25) is 0 Å². The van der Waals surface area contributed by atoms with Crippen molar-refractivity contribution in [2.45, 2.75) is 26.6 Å². The van der Waals surface area contributed by atoms with Gasteiger partial charge in [-0.05, 0) is 12.0 Å². The van der Waals surface area contributed by atoms with E-state index in [1.807, 2.05) is 0 Å². The van der Waals surface area contributed by atoms with Crippen LogP contribution < -0.4 is 10.9 Å². The standard InChI is InChI=1S/C20H24F3N5O5/c1-12(2)10-27-17-13(3-4-14(29)26-5-7-33-8-6-26)9-25-28(17)19(32)15(18(27)31)16(30)24-11-20(21,22)23/h3-4,9,12,32H,5-8,10-11H2,1-2H3,(H,24,30)/b4-3+. The number of carbonyl (C=O) groups excluding carboxylic acids is 2. The number of hydrogen-bond acceptors (Lipinski definition) is 6. The van der Waals surface area contributed by atoms with E-state index < -0.39 is 35.6 Å². The van der Waals surface area contributed by atoms with Crippen LogP contribution in [0.3, 0.4) is 0 Å². The minimum atomic E-state index is -4.69. The topological polar surface area (TPSA) is 118 Å². The molecule has 0 unspecified atom stereocenters. The van der Waals surface area contributed by atoms with Gasteiger partial charge in [0.05, 0.1) is 19.4 Å². The second-order valence-corrected chi connectivity index (χ2v) is 7.91. The third kappa shape index (κ3) is 5.53. The van der Waals surface area contributed by atoms with Crippen LogP contribution in [0.1, 0.15) is 29.8 Å². The Balaban J connectivity index is 2.04. The fourth-order valence-electron chi connectivity index (χ4n) is 3.38. The van der Waals surface area contributed by atoms with E-state index in [-0.39, 0.29) is 24.0 Å². The number of halogens is 3. The minimum Gasteiger partial charge on any atom is -0.492 e. The first-order valence-corrected chi connectivity index (χ1v) is 10.2. The number of ether oxygens (including phenoxy) is 1. The first kappa shape index (κ1) is 24.3. The van der Waals surface area contributed by atoms with Crippen LogP contribution >= 0.6 is 0 Å². The van der Waals surface area contributed by atoms with Gasteiger partial charge in [-0.15, -0.1) is 0 Å². The molecule has 2 amide bonds. The maximum atomic E-state index is 13.0. The number of nitrogens with one attached hydrogen (secondary N) is 1. The quantitative estimate of drug-likeness (QED) is 0.608. The molecule has 2 aromatic rings. The zero-order valence-corrected chi connectivity index (χ0v) is 18.1. The molecular weight excluding hydrogens is 447 g/mol. The summed E-state index contributed by atoms with van der Waals surface area (Å²) >= 11 is 0. The molecule has 0 aromatic carbocycles. The lowest BCUT2D eigenvalue weighted by molar-refractivity contribution is -0.129. The van der Waals surface area contributed by atoms with E-state index in [1.54, 1.807) is 24.1 Å². The van der Waals surface area contributed by atoms with Crippen molar-refractivity contribution < 1.29 is 32.6 Å². The maximum Gasteiger partial charge on any atom is 0.405 e. The average molecular weight is 471 g/mol. The lowest BCUT2D eigenvalue weighted by Gasteiger charge is -2.25. The van der Waals surface area contributed by atoms with Crippen molar-refractivity contribution >= 4 is 23.5 Å². The van der Waals surface area contributed by atoms with E-state index in [0.717, 1.165) is 9.08 Å². The molecule has 0 aliphatic carbocycles. The van der Waals surface area contributed by atoms with Gasteiger partial charge in [-0.1, -0.05) is 13.8 Å². The molecule has 180 valence electrons. The number of carbonyl (C=O) groups is 2. The van der Waals surface area contributed by atoms with Crippen molar-refractivity contribution in [1.82, 2.24) is 24.4 Å². The Morgan fingerprint density at radius 2 is 1.97 bits per heavy atom. The summed E-state index contributed by atoms with van der Waals surface area (Å²) in [6.07, 6.45) is -0.679. The van der Waals surface area contributed by atoms with Gasteiger partial charge in [0.25, 0.3) is 11.5 Å². The van der Waals surface area contributed by atoms with E-state index >= 15 is 0 Å². The first-order chi connectivity index (χ1) is 15.5. The molecule has 1 fully saturated rings. The lowest BCUT2D eigenvalue weighted by atomic mass is 10.2. The van der Waals surface area contributed by atoms with Gasteiger partial charge in [0, 0.05) is 31.3 Å². The van der Waals surface area contributed by atoms with Crippen LogP contribution in [-0.2, 0) is 16.1 Å². The summed E-state index contributed by atoms with van der Waals surface area (Å²) in [6.45, 7) is 3.75. The van der Waals surface area contributed by atoms with Gasteiger partial charge in [-0.25, -0.2) is 0 Å². The number of alkyl halides is 3. The van der Waals surface area contributed by atoms with E-state index in [0.29, 0.717) is 31.9 Å². The molecule has 0 saturated carbocycles. The Morgan fingerprint density at radius 1 is 1.30 bits per heavy atom. The van der Waals surface area contributed by atoms with Gasteiger partial charge >= 0.3 is 6.18 Å². The molecule has 0 bridgehead atoms. The predicted molar refractivity (Wildman–Crippen MR) is 111 cm³/mol. The summed E-state index contributed by atoms with van der Waals surface area (Å²) in [7, 11) is 0. The summed E-state index contributed by atoms with van der Waals surface area (Å²) in [4.78, 5) is 39.4. The average Bonchev–Trinajstić information content (AvgIpc) is 3.18. The Hall–Kier alpha value is -3.35. The molecule has 3 heterocycles. The molecule has 13 heteroatoms. The Morgan fingerprint density at radius 3 is 2.58 bits per heavy atom. The van der Waals surface area contributed by atoms with Crippen molar-refractivity contribution in [2.24, 2.45) is 5.92 Å². The molecule has 0 spiro atoms. The molecule has 2 aromatic heterocycles. The van der Waals surface area contributed by atoms with Crippen molar-refractivity contribution in [1.29, 1.82) is 0 Å². The Kier molecular flexibility index (Phi) is 7.10. The second-order valence-electron chi connectivity index (χ2n) is 7.91. The molecule has 1 aliphatic rings. The Bertz CT molecular complexity index is 1130. The molecule has 1 saturated heterocycles. The van der Waals surface area contributed by atoms with E-state index in [1.165, 1.54) is 18.3 Å². The van der Waals surface area contributed by atoms with Crippen LogP contribution in [-0.4, -0.2) is 75.0 Å². The van der Waals surface area contributed by atoms with Crippen LogP contribution in [0.5, 0.6) is 5.88 Å². The van der Waals surface area contributed by atoms with E-state index in [9.17, 15) is 32.7 Å². The van der Waals surface area contributed by atoms with Gasteiger partial charge in [-0.3, -0.25) is 19.0 Å². The largest absolute Gasteiger partial charge is 0.492 e. The predicted octanol–water partition coefficient (Wildman–Crippen LogP) is 1.02. The molecule has 10 nitrogen and oxygen atoms in total. The highest BCUT2D eigenvalue weighted by Crippen LogP contribution is 2.21. The van der Waals surface area contributed by atoms with Crippen LogP contribution in [0.15, 0.2) is 17.1 Å². The number of aromatic hydroxyl groups is 1. The first-order valence-electron chi connectivity index (χ1n) is 10.2. The van der Waals surface area contributed by atoms with Gasteiger partial charge in [0.2, 0.25) is 11.8 Å². The zero-order chi connectivity index (χ0) is 24.3. The smallest absolute Gasteiger partial charge is 0.405 e. The summed E-state index contributed by atoms with van der Waals surface area (Å²) in [5, 5.41) is 16.1. The van der Waals surface area contributed by atoms with Crippen LogP contribution in [0, 0.1) is 5.92 Å². The maximum absolute atomic E-state index is 13.0. The normalized spacial score (nSPS) is 15.0. The fraction of sp³-hybridized carbons (Fsp3) is 0.500. The molecule has 1 aliphatic heterocycles. The van der Waals surface area contributed by atoms with Crippen LogP contribution in [0.4, 0.5) is 13.2 Å². The lowest BCUT2D eigenvalue weighted by Crippen LogP contribution is -2.39. The molecular formula is C20H24F3N5O5. The van der Waals surface area contributed by atoms with Crippen LogP contribution in [0.25, 0.3) is 11.7 Å². The van der Waals surface area contributed by atoms with Crippen molar-refractivity contribution in [3.63, 3.8) is 0 Å². The van der Waals surface area contributed by atoms with E-state index in [4.69, 9.17) is 4.74 Å². The molecule has 33 heavy (non-hydrogen) atoms. The highest BCUT2D eigenvalue weighted by Gasteiger charge is 2.31. The SMILES string of the molecule is CC(C)Cn1c(=O)c(C(=O)NCC(F)(F)F)c(O)n2ncc(/C=C/C(=O)N3CCOCC3)c12. The third-order valence-electron chi connectivity index (χ3n) is 4.86. The summed E-state index contributed by atoms with van der Waals surface area (Å²) in [5.41, 5.74) is -1.41. The number of aromatic nitrogens is 3. The van der Waals surface area contributed by atoms with Gasteiger partial charge in [0.15, 0.2) is 5.56 Å². The number of amides is 2. The zero-order valence-electron chi connectivity index (χ0n) is 18.1. The van der Waals surface area contributed by atoms with Crippen molar-refractivity contribution in [2.75, 3.05) is 32.8 Å². The Labute approximate surface area is 186 Å². The summed E-state index contributed by atoms with van der Waals surface area (Å²) < 4.78 is 44.8. The fourth-order valence-corrected chi connectivity index (χ4v) is 3.38. The van der Waals surface area contributed by atoms with Gasteiger partial charge in [-0.2, -0.15) is 22.8 Å². The number of fused-ring (bicyclic) bond motifs is 1. The summed E-state index contributed by atoms with van der Waals surface area (Å²) in [5.74, 6) is -2.63. The monoisotopic (exact) mass is 471 g/mol. The molecule has 0 atom stereocenters. The minimum absolute atomic E-state index is 0.0894. The molecule has 2 N–H and O–H groups in total. The number of rotatable bonds is 6. The third-order valence-corrected chi connectivity index (χ3v) is 4.86. The van der Waals surface area contributed by atoms with E-state index in [2.05, 4.69) is 5.10 Å². The summed E-state index contributed by atoms with van der Waals surface area (Å²) in [6, 6.07) is 0. The number of nitrogens with zero attached hydrogens (tertiary/aromatic N) is 4. The van der Waals surface area contributed by atoms with Crippen molar-refractivity contribution in [3.8, 4) is 5.88 Å². The number of hydrogen-bond donors (Lipinski definition) is 2. The molecule has 0 radical (unpaired) electrons. The van der Waals surface area contributed by atoms with Crippen molar-refractivity contribution in [3.05, 3.63) is 33.8 Å².